The SMILES string of the molecule is CC(=O)O.Cc1cc(=O)[nH]c(N/N=C/c2ccc(N3CCOCC3)cc2)n1. The van der Waals surface area contributed by atoms with Crippen LogP contribution in [0.5, 0.6) is 0 Å². The molecule has 27 heavy (non-hydrogen) atoms. The maximum atomic E-state index is 11.3. The van der Waals surface area contributed by atoms with Crippen molar-refractivity contribution >= 4 is 23.8 Å². The van der Waals surface area contributed by atoms with Gasteiger partial charge >= 0.3 is 0 Å². The quantitative estimate of drug-likeness (QED) is 0.548. The van der Waals surface area contributed by atoms with Crippen LogP contribution in [0.25, 0.3) is 0 Å². The number of rotatable bonds is 4. The molecule has 0 amide bonds. The number of hydrazone groups is 1. The van der Waals surface area contributed by atoms with Crippen LogP contribution in [0.3, 0.4) is 0 Å². The summed E-state index contributed by atoms with van der Waals surface area (Å²) in [5.74, 6) is -0.504. The highest BCUT2D eigenvalue weighted by atomic mass is 16.5. The Balaban J connectivity index is 0.000000596. The Labute approximate surface area is 156 Å². The monoisotopic (exact) mass is 373 g/mol. The van der Waals surface area contributed by atoms with E-state index in [1.807, 2.05) is 12.1 Å². The molecule has 0 unspecified atom stereocenters. The lowest BCUT2D eigenvalue weighted by molar-refractivity contribution is -0.134. The molecule has 9 heteroatoms. The van der Waals surface area contributed by atoms with Crippen LogP contribution in [0.2, 0.25) is 0 Å². The number of aromatic nitrogens is 2. The molecular weight excluding hydrogens is 350 g/mol. The molecule has 0 radical (unpaired) electrons. The molecule has 1 aliphatic heterocycles. The molecule has 3 rings (SSSR count). The Morgan fingerprint density at radius 2 is 1.96 bits per heavy atom. The topological polar surface area (TPSA) is 120 Å². The van der Waals surface area contributed by atoms with Gasteiger partial charge in [-0.05, 0) is 24.6 Å². The second-order valence-corrected chi connectivity index (χ2v) is 5.82. The Morgan fingerprint density at radius 1 is 1.33 bits per heavy atom. The third-order valence-electron chi connectivity index (χ3n) is 3.52. The number of H-pyrrole nitrogens is 1. The number of carboxylic acid groups (broad SMARTS) is 1. The summed E-state index contributed by atoms with van der Waals surface area (Å²) < 4.78 is 5.35. The van der Waals surface area contributed by atoms with Crippen LogP contribution in [0, 0.1) is 6.92 Å². The smallest absolute Gasteiger partial charge is 0.300 e. The number of aliphatic carboxylic acids is 1. The fourth-order valence-corrected chi connectivity index (χ4v) is 2.39. The molecule has 1 saturated heterocycles. The first kappa shape index (κ1) is 20.1. The lowest BCUT2D eigenvalue weighted by Crippen LogP contribution is -2.36. The molecular formula is C18H23N5O4. The molecule has 144 valence electrons. The molecule has 0 saturated carbocycles. The second kappa shape index (κ2) is 10.1. The van der Waals surface area contributed by atoms with Gasteiger partial charge in [0.2, 0.25) is 5.95 Å². The van der Waals surface area contributed by atoms with Crippen molar-refractivity contribution in [1.29, 1.82) is 0 Å². The number of morpholine rings is 1. The number of nitrogens with one attached hydrogen (secondary N) is 2. The van der Waals surface area contributed by atoms with E-state index in [1.54, 1.807) is 13.1 Å². The third kappa shape index (κ3) is 7.28. The van der Waals surface area contributed by atoms with Crippen LogP contribution in [0.4, 0.5) is 11.6 Å². The van der Waals surface area contributed by atoms with Crippen molar-refractivity contribution in [2.24, 2.45) is 5.10 Å². The van der Waals surface area contributed by atoms with Crippen molar-refractivity contribution < 1.29 is 14.6 Å². The molecule has 2 heterocycles. The van der Waals surface area contributed by atoms with Crippen molar-refractivity contribution in [2.45, 2.75) is 13.8 Å². The standard InChI is InChI=1S/C16H19N5O2.C2H4O2/c1-12-10-15(22)19-16(18-12)20-17-11-13-2-4-14(5-3-13)21-6-8-23-9-7-21;1-2(3)4/h2-5,10-11H,6-9H2,1H3,(H2,18,19,20,22);1H3,(H,3,4)/b17-11+;. The number of anilines is 2. The minimum absolute atomic E-state index is 0.204. The number of carbonyl (C=O) groups is 1. The van der Waals surface area contributed by atoms with Gasteiger partial charge in [-0.1, -0.05) is 12.1 Å². The van der Waals surface area contributed by atoms with Crippen LogP contribution in [-0.4, -0.2) is 53.6 Å². The number of aryl methyl sites for hydroxylation is 1. The van der Waals surface area contributed by atoms with Crippen LogP contribution >= 0.6 is 0 Å². The summed E-state index contributed by atoms with van der Waals surface area (Å²) in [6.45, 7) is 6.22. The number of hydrogen-bond acceptors (Lipinski definition) is 7. The number of benzene rings is 1. The normalized spacial score (nSPS) is 13.8. The van der Waals surface area contributed by atoms with Crippen LogP contribution in [-0.2, 0) is 9.53 Å². The minimum atomic E-state index is -0.833. The van der Waals surface area contributed by atoms with E-state index in [9.17, 15) is 4.79 Å². The van der Waals surface area contributed by atoms with Gasteiger partial charge < -0.3 is 14.7 Å². The van der Waals surface area contributed by atoms with Gasteiger partial charge in [-0.25, -0.2) is 10.4 Å². The van der Waals surface area contributed by atoms with Crippen molar-refractivity contribution in [3.05, 3.63) is 51.9 Å². The largest absolute Gasteiger partial charge is 0.481 e. The Kier molecular flexibility index (Phi) is 7.50. The van der Waals surface area contributed by atoms with Gasteiger partial charge in [0.25, 0.3) is 11.5 Å². The van der Waals surface area contributed by atoms with E-state index < -0.39 is 5.97 Å². The molecule has 3 N–H and O–H groups in total. The lowest BCUT2D eigenvalue weighted by atomic mass is 10.2. The van der Waals surface area contributed by atoms with Crippen molar-refractivity contribution in [1.82, 2.24) is 9.97 Å². The summed E-state index contributed by atoms with van der Waals surface area (Å²) >= 11 is 0. The minimum Gasteiger partial charge on any atom is -0.481 e. The maximum Gasteiger partial charge on any atom is 0.300 e. The number of carboxylic acids is 1. The average Bonchev–Trinajstić information content (AvgIpc) is 2.62. The maximum absolute atomic E-state index is 11.3. The lowest BCUT2D eigenvalue weighted by Gasteiger charge is -2.28. The van der Waals surface area contributed by atoms with Crippen LogP contribution in [0.15, 0.2) is 40.2 Å². The molecule has 0 bridgehead atoms. The number of hydrogen-bond donors (Lipinski definition) is 3. The fraction of sp³-hybridized carbons (Fsp3) is 0.333. The number of nitrogens with zero attached hydrogens (tertiary/aromatic N) is 3. The molecule has 0 aliphatic carbocycles. The van der Waals surface area contributed by atoms with Crippen molar-refractivity contribution in [2.75, 3.05) is 36.6 Å². The first-order valence-electron chi connectivity index (χ1n) is 8.43. The third-order valence-corrected chi connectivity index (χ3v) is 3.52. The number of aromatic amines is 1. The number of ether oxygens (including phenoxy) is 1. The zero-order chi connectivity index (χ0) is 19.6. The molecule has 9 nitrogen and oxygen atoms in total. The van der Waals surface area contributed by atoms with Gasteiger partial charge in [0.15, 0.2) is 0 Å². The summed E-state index contributed by atoms with van der Waals surface area (Å²) in [5, 5.41) is 11.5. The molecule has 0 spiro atoms. The van der Waals surface area contributed by atoms with Gasteiger partial charge in [-0.2, -0.15) is 5.10 Å². The molecule has 2 aromatic rings. The van der Waals surface area contributed by atoms with E-state index >= 15 is 0 Å². The Hall–Kier alpha value is -3.20. The van der Waals surface area contributed by atoms with Gasteiger partial charge in [0.1, 0.15) is 0 Å². The highest BCUT2D eigenvalue weighted by molar-refractivity contribution is 5.80. The zero-order valence-electron chi connectivity index (χ0n) is 15.3. The summed E-state index contributed by atoms with van der Waals surface area (Å²) in [7, 11) is 0. The zero-order valence-corrected chi connectivity index (χ0v) is 15.3. The van der Waals surface area contributed by atoms with Gasteiger partial charge in [-0.3, -0.25) is 14.6 Å². The van der Waals surface area contributed by atoms with E-state index in [2.05, 4.69) is 37.5 Å². The Bertz CT molecular complexity index is 822. The van der Waals surface area contributed by atoms with Crippen LogP contribution < -0.4 is 15.9 Å². The summed E-state index contributed by atoms with van der Waals surface area (Å²) in [6.07, 6.45) is 1.69. The first-order chi connectivity index (χ1) is 12.9. The highest BCUT2D eigenvalue weighted by Crippen LogP contribution is 2.15. The predicted octanol–water partition coefficient (Wildman–Crippen LogP) is 1.45. The van der Waals surface area contributed by atoms with Crippen molar-refractivity contribution in [3.63, 3.8) is 0 Å². The fourth-order valence-electron chi connectivity index (χ4n) is 2.39. The van der Waals surface area contributed by atoms with E-state index in [0.29, 0.717) is 11.6 Å². The second-order valence-electron chi connectivity index (χ2n) is 5.82. The summed E-state index contributed by atoms with van der Waals surface area (Å²) in [4.78, 5) is 29.3. The summed E-state index contributed by atoms with van der Waals surface area (Å²) in [5.41, 5.74) is 5.31. The highest BCUT2D eigenvalue weighted by Gasteiger charge is 2.10. The molecule has 1 aromatic carbocycles. The van der Waals surface area contributed by atoms with Gasteiger partial charge in [0, 0.05) is 37.5 Å². The van der Waals surface area contributed by atoms with E-state index in [-0.39, 0.29) is 5.56 Å². The molecule has 1 aliphatic rings. The Morgan fingerprint density at radius 3 is 2.56 bits per heavy atom. The first-order valence-corrected chi connectivity index (χ1v) is 8.43. The van der Waals surface area contributed by atoms with Crippen LogP contribution in [0.1, 0.15) is 18.2 Å². The van der Waals surface area contributed by atoms with Gasteiger partial charge in [-0.15, -0.1) is 0 Å². The average molecular weight is 373 g/mol. The molecule has 1 aromatic heterocycles. The van der Waals surface area contributed by atoms with E-state index in [1.165, 1.54) is 11.8 Å². The van der Waals surface area contributed by atoms with E-state index in [4.69, 9.17) is 14.6 Å². The molecule has 0 atom stereocenters. The molecule has 1 fully saturated rings. The predicted molar refractivity (Wildman–Crippen MR) is 104 cm³/mol. The van der Waals surface area contributed by atoms with Crippen molar-refractivity contribution in [3.8, 4) is 0 Å². The van der Waals surface area contributed by atoms with Gasteiger partial charge in [0.05, 0.1) is 19.4 Å². The summed E-state index contributed by atoms with van der Waals surface area (Å²) in [6, 6.07) is 9.57. The van der Waals surface area contributed by atoms with E-state index in [0.717, 1.165) is 38.8 Å².